The van der Waals surface area contributed by atoms with Crippen molar-refractivity contribution in [2.24, 2.45) is 5.10 Å². The molecule has 7 nitrogen and oxygen atoms in total. The maximum atomic E-state index is 11.7. The molecular formula is C18H16N6O. The van der Waals surface area contributed by atoms with Crippen LogP contribution in [0.4, 0.5) is 0 Å². The molecule has 3 aromatic rings. The molecule has 0 unspecified atom stereocenters. The second-order valence-corrected chi connectivity index (χ2v) is 5.15. The molecule has 0 aliphatic rings. The van der Waals surface area contributed by atoms with Crippen LogP contribution >= 0.6 is 0 Å². The van der Waals surface area contributed by atoms with Gasteiger partial charge in [-0.2, -0.15) is 5.10 Å². The monoisotopic (exact) mass is 332 g/mol. The Morgan fingerprint density at radius 2 is 2.08 bits per heavy atom. The minimum absolute atomic E-state index is 0.313. The van der Waals surface area contributed by atoms with Gasteiger partial charge >= 0.3 is 0 Å². The predicted molar refractivity (Wildman–Crippen MR) is 94.8 cm³/mol. The van der Waals surface area contributed by atoms with E-state index in [1.165, 1.54) is 12.4 Å². The molecule has 0 aliphatic carbocycles. The van der Waals surface area contributed by atoms with Crippen LogP contribution in [-0.2, 0) is 6.54 Å². The molecule has 1 N–H and O–H groups in total. The molecule has 7 heteroatoms. The zero-order chi connectivity index (χ0) is 17.3. The molecule has 0 saturated heterocycles. The normalized spacial score (nSPS) is 11.2. The maximum Gasteiger partial charge on any atom is 0.272 e. The molecule has 0 fully saturated rings. The van der Waals surface area contributed by atoms with Crippen molar-refractivity contribution in [2.45, 2.75) is 6.54 Å². The van der Waals surface area contributed by atoms with Gasteiger partial charge in [0.1, 0.15) is 5.69 Å². The topological polar surface area (TPSA) is 85.1 Å². The lowest BCUT2D eigenvalue weighted by molar-refractivity contribution is 0.0955. The van der Waals surface area contributed by atoms with Crippen LogP contribution in [0.3, 0.4) is 0 Å². The fourth-order valence-electron chi connectivity index (χ4n) is 2.08. The minimum Gasteiger partial charge on any atom is -0.267 e. The van der Waals surface area contributed by atoms with Gasteiger partial charge in [-0.3, -0.25) is 9.78 Å². The van der Waals surface area contributed by atoms with E-state index in [1.807, 2.05) is 36.5 Å². The van der Waals surface area contributed by atoms with Gasteiger partial charge < -0.3 is 0 Å². The molecule has 0 saturated carbocycles. The summed E-state index contributed by atoms with van der Waals surface area (Å²) in [6.07, 6.45) is 9.84. The van der Waals surface area contributed by atoms with Crippen molar-refractivity contribution in [1.29, 1.82) is 0 Å². The first-order valence-electron chi connectivity index (χ1n) is 7.65. The van der Waals surface area contributed by atoms with E-state index in [9.17, 15) is 4.79 Å². The first-order chi connectivity index (χ1) is 12.3. The van der Waals surface area contributed by atoms with Gasteiger partial charge in [-0.15, -0.1) is 5.10 Å². The largest absolute Gasteiger partial charge is 0.272 e. The van der Waals surface area contributed by atoms with Crippen LogP contribution in [-0.4, -0.2) is 32.1 Å². The van der Waals surface area contributed by atoms with Crippen molar-refractivity contribution in [3.8, 4) is 0 Å². The summed E-state index contributed by atoms with van der Waals surface area (Å²) in [5, 5.41) is 12.0. The standard InChI is InChI=1S/C18H16N6O/c25-18(16-8-4-10-19-12-16)22-20-11-5-9-17-14-24(23-21-17)13-15-6-2-1-3-7-15/h1-12,14H,13H2,(H,22,25)/b9-5+,20-11-. The van der Waals surface area contributed by atoms with E-state index >= 15 is 0 Å². The summed E-state index contributed by atoms with van der Waals surface area (Å²) < 4.78 is 1.76. The number of carbonyl (C=O) groups excluding carboxylic acids is 1. The second-order valence-electron chi connectivity index (χ2n) is 5.15. The van der Waals surface area contributed by atoms with Crippen LogP contribution in [0.1, 0.15) is 21.6 Å². The predicted octanol–water partition coefficient (Wildman–Crippen LogP) is 2.15. The summed E-state index contributed by atoms with van der Waals surface area (Å²) in [5.41, 5.74) is 4.74. The summed E-state index contributed by atoms with van der Waals surface area (Å²) in [6.45, 7) is 0.664. The molecule has 1 aromatic carbocycles. The third kappa shape index (κ3) is 4.93. The van der Waals surface area contributed by atoms with E-state index in [-0.39, 0.29) is 5.91 Å². The van der Waals surface area contributed by atoms with Gasteiger partial charge in [0.05, 0.1) is 18.3 Å². The van der Waals surface area contributed by atoms with E-state index in [4.69, 9.17) is 0 Å². The van der Waals surface area contributed by atoms with Crippen LogP contribution in [0.15, 0.2) is 72.2 Å². The number of aromatic nitrogens is 4. The molecule has 2 aromatic heterocycles. The Hall–Kier alpha value is -3.61. The smallest absolute Gasteiger partial charge is 0.267 e. The number of hydrazone groups is 1. The Labute approximate surface area is 144 Å². The summed E-state index contributed by atoms with van der Waals surface area (Å²) >= 11 is 0. The molecular weight excluding hydrogens is 316 g/mol. The minimum atomic E-state index is -0.313. The number of amides is 1. The first kappa shape index (κ1) is 16.3. The van der Waals surface area contributed by atoms with Gasteiger partial charge in [-0.25, -0.2) is 10.1 Å². The lowest BCUT2D eigenvalue weighted by Crippen LogP contribution is -2.17. The van der Waals surface area contributed by atoms with Gasteiger partial charge in [0.2, 0.25) is 0 Å². The van der Waals surface area contributed by atoms with Gasteiger partial charge in [-0.05, 0) is 29.8 Å². The highest BCUT2D eigenvalue weighted by molar-refractivity contribution is 5.94. The van der Waals surface area contributed by atoms with Crippen molar-refractivity contribution in [2.75, 3.05) is 0 Å². The van der Waals surface area contributed by atoms with Crippen LogP contribution < -0.4 is 5.43 Å². The van der Waals surface area contributed by atoms with Crippen LogP contribution in [0.25, 0.3) is 6.08 Å². The van der Waals surface area contributed by atoms with Crippen molar-refractivity contribution in [3.63, 3.8) is 0 Å². The summed E-state index contributed by atoms with van der Waals surface area (Å²) in [4.78, 5) is 15.6. The van der Waals surface area contributed by atoms with E-state index in [0.29, 0.717) is 17.8 Å². The molecule has 0 atom stereocenters. The zero-order valence-corrected chi connectivity index (χ0v) is 13.4. The van der Waals surface area contributed by atoms with E-state index in [2.05, 4.69) is 25.8 Å². The Morgan fingerprint density at radius 1 is 1.20 bits per heavy atom. The number of hydrogen-bond acceptors (Lipinski definition) is 5. The summed E-state index contributed by atoms with van der Waals surface area (Å²) in [7, 11) is 0. The van der Waals surface area contributed by atoms with Crippen LogP contribution in [0, 0.1) is 0 Å². The van der Waals surface area contributed by atoms with E-state index < -0.39 is 0 Å². The zero-order valence-electron chi connectivity index (χ0n) is 13.4. The number of allylic oxidation sites excluding steroid dienone is 1. The number of benzene rings is 1. The molecule has 0 radical (unpaired) electrons. The fourth-order valence-corrected chi connectivity index (χ4v) is 2.08. The average molecular weight is 332 g/mol. The average Bonchev–Trinajstić information content (AvgIpc) is 3.10. The Bertz CT molecular complexity index is 871. The van der Waals surface area contributed by atoms with Crippen LogP contribution in [0.5, 0.6) is 0 Å². The third-order valence-electron chi connectivity index (χ3n) is 3.26. The molecule has 124 valence electrons. The number of rotatable bonds is 6. The molecule has 1 amide bonds. The number of pyridine rings is 1. The number of hydrogen-bond donors (Lipinski definition) is 1. The molecule has 3 rings (SSSR count). The Balaban J connectivity index is 1.50. The first-order valence-corrected chi connectivity index (χ1v) is 7.65. The van der Waals surface area contributed by atoms with Crippen molar-refractivity contribution in [1.82, 2.24) is 25.4 Å². The van der Waals surface area contributed by atoms with Gasteiger partial charge in [-0.1, -0.05) is 35.5 Å². The molecule has 0 aliphatic heterocycles. The second kappa shape index (κ2) is 8.30. The third-order valence-corrected chi connectivity index (χ3v) is 3.26. The maximum absolute atomic E-state index is 11.7. The SMILES string of the molecule is O=C(N/N=C\C=C\c1cn(Cc2ccccc2)nn1)c1cccnc1. The number of nitrogens with zero attached hydrogens (tertiary/aromatic N) is 5. The summed E-state index contributed by atoms with van der Waals surface area (Å²) in [6, 6.07) is 13.4. The highest BCUT2D eigenvalue weighted by Crippen LogP contribution is 2.03. The highest BCUT2D eigenvalue weighted by Gasteiger charge is 2.02. The van der Waals surface area contributed by atoms with Gasteiger partial charge in [0.15, 0.2) is 0 Å². The Kier molecular flexibility index (Phi) is 5.40. The quantitative estimate of drug-likeness (QED) is 0.554. The van der Waals surface area contributed by atoms with Gasteiger partial charge in [0.25, 0.3) is 5.91 Å². The van der Waals surface area contributed by atoms with Crippen LogP contribution in [0.2, 0.25) is 0 Å². The van der Waals surface area contributed by atoms with Gasteiger partial charge in [0, 0.05) is 18.6 Å². The molecule has 0 spiro atoms. The fraction of sp³-hybridized carbons (Fsp3) is 0.0556. The lowest BCUT2D eigenvalue weighted by Gasteiger charge is -1.98. The number of carbonyl (C=O) groups is 1. The van der Waals surface area contributed by atoms with Crippen molar-refractivity contribution < 1.29 is 4.79 Å². The lowest BCUT2D eigenvalue weighted by atomic mass is 10.2. The number of nitrogens with one attached hydrogen (secondary N) is 1. The summed E-state index contributed by atoms with van der Waals surface area (Å²) in [5.74, 6) is -0.313. The molecule has 0 bridgehead atoms. The molecule has 2 heterocycles. The highest BCUT2D eigenvalue weighted by atomic mass is 16.2. The van der Waals surface area contributed by atoms with E-state index in [1.54, 1.807) is 35.2 Å². The van der Waals surface area contributed by atoms with E-state index in [0.717, 1.165) is 5.56 Å². The van der Waals surface area contributed by atoms with Crippen molar-refractivity contribution in [3.05, 3.63) is 84.0 Å². The molecule has 25 heavy (non-hydrogen) atoms. The van der Waals surface area contributed by atoms with Crippen molar-refractivity contribution >= 4 is 18.2 Å². The Morgan fingerprint density at radius 3 is 2.88 bits per heavy atom.